The van der Waals surface area contributed by atoms with Crippen LogP contribution in [0.1, 0.15) is 37.8 Å². The molecule has 0 spiro atoms. The summed E-state index contributed by atoms with van der Waals surface area (Å²) in [6.07, 6.45) is 3.62. The van der Waals surface area contributed by atoms with E-state index in [1.165, 1.54) is 12.0 Å². The van der Waals surface area contributed by atoms with Gasteiger partial charge in [0, 0.05) is 5.92 Å². The number of nitrogens with one attached hydrogen (secondary N) is 1. The van der Waals surface area contributed by atoms with Gasteiger partial charge in [-0.1, -0.05) is 30.3 Å². The standard InChI is InChI=1S/C15H19NO/c1-10(11-5-3-2-4-6-11)16-15(17)14-8-12-7-13(12)9-14/h2-6,10,12-14H,7-9H2,1H3,(H,16,17). The molecule has 90 valence electrons. The van der Waals surface area contributed by atoms with Crippen LogP contribution in [-0.2, 0) is 4.79 Å². The highest BCUT2D eigenvalue weighted by Crippen LogP contribution is 2.54. The molecule has 0 aromatic heterocycles. The summed E-state index contributed by atoms with van der Waals surface area (Å²) in [6, 6.07) is 10.3. The third-order valence-corrected chi connectivity index (χ3v) is 4.27. The molecule has 0 bridgehead atoms. The lowest BCUT2D eigenvalue weighted by Crippen LogP contribution is -2.32. The molecule has 2 nitrogen and oxygen atoms in total. The SMILES string of the molecule is CC(NC(=O)C1CC2CC2C1)c1ccccc1. The second-order valence-corrected chi connectivity index (χ2v) is 5.57. The molecule has 1 aromatic rings. The molecule has 2 heteroatoms. The molecule has 3 rings (SSSR count). The van der Waals surface area contributed by atoms with Gasteiger partial charge in [-0.15, -0.1) is 0 Å². The molecule has 1 N–H and O–H groups in total. The van der Waals surface area contributed by atoms with Gasteiger partial charge in [-0.25, -0.2) is 0 Å². The quantitative estimate of drug-likeness (QED) is 0.848. The summed E-state index contributed by atoms with van der Waals surface area (Å²) in [7, 11) is 0. The van der Waals surface area contributed by atoms with Crippen molar-refractivity contribution >= 4 is 5.91 Å². The summed E-state index contributed by atoms with van der Waals surface area (Å²) in [5, 5.41) is 3.14. The summed E-state index contributed by atoms with van der Waals surface area (Å²) in [5.41, 5.74) is 1.18. The zero-order valence-electron chi connectivity index (χ0n) is 10.2. The molecule has 1 aromatic carbocycles. The van der Waals surface area contributed by atoms with Crippen LogP contribution < -0.4 is 5.32 Å². The number of benzene rings is 1. The van der Waals surface area contributed by atoms with Gasteiger partial charge in [0.25, 0.3) is 0 Å². The van der Waals surface area contributed by atoms with Crippen molar-refractivity contribution in [2.24, 2.45) is 17.8 Å². The first-order valence-electron chi connectivity index (χ1n) is 6.59. The summed E-state index contributed by atoms with van der Waals surface area (Å²) in [6.45, 7) is 2.06. The fraction of sp³-hybridized carbons (Fsp3) is 0.533. The van der Waals surface area contributed by atoms with Crippen LogP contribution in [-0.4, -0.2) is 5.91 Å². The maximum atomic E-state index is 12.1. The van der Waals surface area contributed by atoms with Crippen LogP contribution in [0.3, 0.4) is 0 Å². The van der Waals surface area contributed by atoms with Crippen LogP contribution in [0.2, 0.25) is 0 Å². The highest BCUT2D eigenvalue weighted by atomic mass is 16.1. The van der Waals surface area contributed by atoms with E-state index in [2.05, 4.69) is 24.4 Å². The lowest BCUT2D eigenvalue weighted by Gasteiger charge is -2.18. The maximum Gasteiger partial charge on any atom is 0.223 e. The van der Waals surface area contributed by atoms with E-state index in [0.29, 0.717) is 0 Å². The second-order valence-electron chi connectivity index (χ2n) is 5.57. The van der Waals surface area contributed by atoms with Gasteiger partial charge in [0.05, 0.1) is 6.04 Å². The Morgan fingerprint density at radius 2 is 1.82 bits per heavy atom. The second kappa shape index (κ2) is 4.17. The van der Waals surface area contributed by atoms with Crippen LogP contribution in [0.25, 0.3) is 0 Å². The Hall–Kier alpha value is -1.31. The van der Waals surface area contributed by atoms with Crippen molar-refractivity contribution < 1.29 is 4.79 Å². The fourth-order valence-electron chi connectivity index (χ4n) is 3.09. The smallest absolute Gasteiger partial charge is 0.223 e. The first-order valence-corrected chi connectivity index (χ1v) is 6.59. The highest BCUT2D eigenvalue weighted by molar-refractivity contribution is 5.79. The predicted molar refractivity (Wildman–Crippen MR) is 67.3 cm³/mol. The Morgan fingerprint density at radius 1 is 1.18 bits per heavy atom. The van der Waals surface area contributed by atoms with Crippen molar-refractivity contribution in [3.63, 3.8) is 0 Å². The maximum absolute atomic E-state index is 12.1. The first-order chi connectivity index (χ1) is 8.24. The van der Waals surface area contributed by atoms with Gasteiger partial charge in [0.1, 0.15) is 0 Å². The molecule has 0 aliphatic heterocycles. The molecule has 17 heavy (non-hydrogen) atoms. The van der Waals surface area contributed by atoms with E-state index >= 15 is 0 Å². The zero-order chi connectivity index (χ0) is 11.8. The summed E-state index contributed by atoms with van der Waals surface area (Å²) < 4.78 is 0. The molecule has 3 unspecified atom stereocenters. The van der Waals surface area contributed by atoms with Crippen LogP contribution in [0.5, 0.6) is 0 Å². The highest BCUT2D eigenvalue weighted by Gasteiger charge is 2.48. The third kappa shape index (κ3) is 2.21. The van der Waals surface area contributed by atoms with E-state index in [1.54, 1.807) is 0 Å². The number of hydrogen-bond donors (Lipinski definition) is 1. The summed E-state index contributed by atoms with van der Waals surface area (Å²) in [4.78, 5) is 12.1. The molecular formula is C15H19NO. The van der Waals surface area contributed by atoms with Crippen molar-refractivity contribution in [1.29, 1.82) is 0 Å². The van der Waals surface area contributed by atoms with Crippen LogP contribution >= 0.6 is 0 Å². The van der Waals surface area contributed by atoms with E-state index in [-0.39, 0.29) is 17.9 Å². The third-order valence-electron chi connectivity index (χ3n) is 4.27. The lowest BCUT2D eigenvalue weighted by molar-refractivity contribution is -0.125. The molecule has 1 amide bonds. The van der Waals surface area contributed by atoms with Crippen molar-refractivity contribution in [3.8, 4) is 0 Å². The molecule has 0 radical (unpaired) electrons. The average Bonchev–Trinajstić information content (AvgIpc) is 2.97. The van der Waals surface area contributed by atoms with Gasteiger partial charge in [0.15, 0.2) is 0 Å². The van der Waals surface area contributed by atoms with E-state index in [1.807, 2.05) is 18.2 Å². The molecule has 0 heterocycles. The minimum atomic E-state index is 0.126. The van der Waals surface area contributed by atoms with Gasteiger partial charge >= 0.3 is 0 Å². The Bertz CT molecular complexity index is 404. The topological polar surface area (TPSA) is 29.1 Å². The van der Waals surface area contributed by atoms with Gasteiger partial charge in [-0.2, -0.15) is 0 Å². The van der Waals surface area contributed by atoms with E-state index in [9.17, 15) is 4.79 Å². The molecule has 2 aliphatic rings. The molecule has 3 atom stereocenters. The first kappa shape index (κ1) is 10.8. The lowest BCUT2D eigenvalue weighted by atomic mass is 10.0. The summed E-state index contributed by atoms with van der Waals surface area (Å²) >= 11 is 0. The average molecular weight is 229 g/mol. The summed E-state index contributed by atoms with van der Waals surface area (Å²) in [5.74, 6) is 2.29. The van der Waals surface area contributed by atoms with Gasteiger partial charge < -0.3 is 5.32 Å². The Balaban J connectivity index is 1.57. The molecule has 2 aliphatic carbocycles. The van der Waals surface area contributed by atoms with E-state index in [0.717, 1.165) is 24.7 Å². The number of amides is 1. The monoisotopic (exact) mass is 229 g/mol. The number of hydrogen-bond acceptors (Lipinski definition) is 1. The number of fused-ring (bicyclic) bond motifs is 1. The Morgan fingerprint density at radius 3 is 2.47 bits per heavy atom. The van der Waals surface area contributed by atoms with Crippen molar-refractivity contribution in [1.82, 2.24) is 5.32 Å². The Kier molecular flexibility index (Phi) is 2.65. The number of carbonyl (C=O) groups excluding carboxylic acids is 1. The molecular weight excluding hydrogens is 210 g/mol. The number of rotatable bonds is 3. The minimum absolute atomic E-state index is 0.126. The van der Waals surface area contributed by atoms with Crippen LogP contribution in [0.4, 0.5) is 0 Å². The minimum Gasteiger partial charge on any atom is -0.349 e. The van der Waals surface area contributed by atoms with Crippen molar-refractivity contribution in [2.75, 3.05) is 0 Å². The molecule has 2 fully saturated rings. The van der Waals surface area contributed by atoms with Gasteiger partial charge in [0.2, 0.25) is 5.91 Å². The predicted octanol–water partition coefficient (Wildman–Crippen LogP) is 2.91. The van der Waals surface area contributed by atoms with Crippen molar-refractivity contribution in [2.45, 2.75) is 32.2 Å². The van der Waals surface area contributed by atoms with Crippen LogP contribution in [0, 0.1) is 17.8 Å². The molecule has 2 saturated carbocycles. The van der Waals surface area contributed by atoms with Gasteiger partial charge in [-0.3, -0.25) is 4.79 Å². The Labute approximate surface area is 102 Å². The fourth-order valence-corrected chi connectivity index (χ4v) is 3.09. The van der Waals surface area contributed by atoms with Crippen LogP contribution in [0.15, 0.2) is 30.3 Å². The largest absolute Gasteiger partial charge is 0.349 e. The zero-order valence-corrected chi connectivity index (χ0v) is 10.2. The number of carbonyl (C=O) groups is 1. The van der Waals surface area contributed by atoms with Gasteiger partial charge in [-0.05, 0) is 43.6 Å². The van der Waals surface area contributed by atoms with Crippen molar-refractivity contribution in [3.05, 3.63) is 35.9 Å². The van der Waals surface area contributed by atoms with E-state index in [4.69, 9.17) is 0 Å². The van der Waals surface area contributed by atoms with E-state index < -0.39 is 0 Å². The molecule has 0 saturated heterocycles. The normalized spacial score (nSPS) is 31.7.